The maximum absolute atomic E-state index is 12.8. The highest BCUT2D eigenvalue weighted by atomic mass is 16.6. The van der Waals surface area contributed by atoms with Crippen molar-refractivity contribution in [1.82, 2.24) is 15.6 Å². The molecule has 0 aliphatic rings. The summed E-state index contributed by atoms with van der Waals surface area (Å²) in [4.78, 5) is 41.4. The Balaban J connectivity index is 1.53. The van der Waals surface area contributed by atoms with Crippen LogP contribution >= 0.6 is 0 Å². The molecular formula is C38H55N3O12. The number of hydrogen-bond donors (Lipinski definition) is 2. The van der Waals surface area contributed by atoms with Gasteiger partial charge in [0.25, 0.3) is 11.8 Å². The van der Waals surface area contributed by atoms with Gasteiger partial charge in [0, 0.05) is 24.9 Å². The minimum absolute atomic E-state index is 0.00762. The fourth-order valence-corrected chi connectivity index (χ4v) is 4.23. The minimum Gasteiger partial charge on any atom is -0.484 e. The van der Waals surface area contributed by atoms with Crippen LogP contribution in [0.3, 0.4) is 0 Å². The van der Waals surface area contributed by atoms with Crippen LogP contribution in [0.15, 0.2) is 42.6 Å². The number of amides is 2. The Morgan fingerprint density at radius 1 is 0.811 bits per heavy atom. The number of nitrogens with zero attached hydrogens (tertiary/aromatic N) is 1. The van der Waals surface area contributed by atoms with Crippen LogP contribution in [0.2, 0.25) is 0 Å². The van der Waals surface area contributed by atoms with E-state index >= 15 is 0 Å². The molecule has 0 aliphatic carbocycles. The molecule has 2 aromatic rings. The van der Waals surface area contributed by atoms with E-state index in [9.17, 15) is 14.4 Å². The Labute approximate surface area is 312 Å². The molecule has 0 radical (unpaired) electrons. The summed E-state index contributed by atoms with van der Waals surface area (Å²) in [6.45, 7) is 11.4. The van der Waals surface area contributed by atoms with Gasteiger partial charge in [-0.3, -0.25) is 9.59 Å². The number of methoxy groups -OCH3 is 1. The van der Waals surface area contributed by atoms with Crippen LogP contribution in [0.25, 0.3) is 0 Å². The monoisotopic (exact) mass is 745 g/mol. The van der Waals surface area contributed by atoms with Gasteiger partial charge in [-0.25, -0.2) is 9.78 Å². The molecule has 1 aromatic heterocycles. The van der Waals surface area contributed by atoms with E-state index in [-0.39, 0.29) is 36.0 Å². The third kappa shape index (κ3) is 22.4. The van der Waals surface area contributed by atoms with Gasteiger partial charge in [-0.2, -0.15) is 0 Å². The fraction of sp³-hybridized carbons (Fsp3) is 0.579. The SMILES string of the molecule is C#CCOCCOCCOCCOCCOCCOCCNC(=O)COc1cccc(Oc2ccc(C(=O)N[C@@H](CCC(C)(C)C)C(=O)OC)cn2)c1. The second kappa shape index (κ2) is 27.3. The number of ether oxygens (including phenoxy) is 9. The molecule has 2 amide bonds. The van der Waals surface area contributed by atoms with Gasteiger partial charge in [0.05, 0.1) is 85.3 Å². The Morgan fingerprint density at radius 2 is 1.40 bits per heavy atom. The van der Waals surface area contributed by atoms with Gasteiger partial charge >= 0.3 is 5.97 Å². The molecule has 294 valence electrons. The van der Waals surface area contributed by atoms with Gasteiger partial charge in [0.15, 0.2) is 6.61 Å². The largest absolute Gasteiger partial charge is 0.484 e. The lowest BCUT2D eigenvalue weighted by atomic mass is 9.88. The zero-order chi connectivity index (χ0) is 38.6. The lowest BCUT2D eigenvalue weighted by Crippen LogP contribution is -2.42. The first-order chi connectivity index (χ1) is 25.6. The van der Waals surface area contributed by atoms with E-state index in [2.05, 4.69) is 42.3 Å². The highest BCUT2D eigenvalue weighted by molar-refractivity contribution is 5.96. The predicted octanol–water partition coefficient (Wildman–Crippen LogP) is 3.20. The van der Waals surface area contributed by atoms with Crippen LogP contribution < -0.4 is 20.1 Å². The molecule has 2 rings (SSSR count). The molecule has 53 heavy (non-hydrogen) atoms. The van der Waals surface area contributed by atoms with E-state index in [0.717, 1.165) is 6.42 Å². The van der Waals surface area contributed by atoms with Gasteiger partial charge in [0.2, 0.25) is 5.88 Å². The Morgan fingerprint density at radius 3 is 1.94 bits per heavy atom. The van der Waals surface area contributed by atoms with Crippen LogP contribution in [-0.4, -0.2) is 128 Å². The first-order valence-electron chi connectivity index (χ1n) is 17.5. The van der Waals surface area contributed by atoms with Gasteiger partial charge in [-0.05, 0) is 36.5 Å². The average Bonchev–Trinajstić information content (AvgIpc) is 3.14. The second-order valence-corrected chi connectivity index (χ2v) is 12.6. The van der Waals surface area contributed by atoms with Crippen LogP contribution in [0.4, 0.5) is 0 Å². The Kier molecular flexibility index (Phi) is 23.1. The second-order valence-electron chi connectivity index (χ2n) is 12.6. The Hall–Kier alpha value is -4.30. The maximum atomic E-state index is 12.8. The summed E-state index contributed by atoms with van der Waals surface area (Å²) in [5.41, 5.74) is 0.258. The summed E-state index contributed by atoms with van der Waals surface area (Å²) in [5, 5.41) is 5.46. The highest BCUT2D eigenvalue weighted by Crippen LogP contribution is 2.25. The minimum atomic E-state index is -0.768. The number of pyridine rings is 1. The quantitative estimate of drug-likeness (QED) is 0.0708. The van der Waals surface area contributed by atoms with Crippen molar-refractivity contribution in [3.8, 4) is 29.7 Å². The number of nitrogens with one attached hydrogen (secondary N) is 2. The van der Waals surface area contributed by atoms with Crippen molar-refractivity contribution in [2.75, 3.05) is 99.5 Å². The standard InChI is InChI=1S/C38H55N3O12/c1-6-15-46-17-19-48-21-23-50-25-26-51-24-22-49-20-18-47-16-14-39-34(42)29-52-31-8-7-9-32(27-31)53-35-11-10-30(28-40-35)36(43)41-33(37(44)45-5)12-13-38(2,3)4/h1,7-11,27-28,33H,12-26,29H2,2-5H3,(H,39,42)(H,41,43)/t33-/m0/s1. The number of hydrogen-bond acceptors (Lipinski definition) is 13. The summed E-state index contributed by atoms with van der Waals surface area (Å²) in [5.74, 6) is 2.22. The van der Waals surface area contributed by atoms with Crippen molar-refractivity contribution >= 4 is 17.8 Å². The van der Waals surface area contributed by atoms with E-state index in [4.69, 9.17) is 49.1 Å². The zero-order valence-electron chi connectivity index (χ0n) is 31.4. The molecule has 0 saturated carbocycles. The van der Waals surface area contributed by atoms with E-state index in [1.807, 2.05) is 0 Å². The smallest absolute Gasteiger partial charge is 0.328 e. The summed E-state index contributed by atoms with van der Waals surface area (Å²) in [6, 6.07) is 9.06. The molecule has 1 aromatic carbocycles. The normalized spacial score (nSPS) is 11.7. The highest BCUT2D eigenvalue weighted by Gasteiger charge is 2.24. The molecule has 1 atom stereocenters. The number of carbonyl (C=O) groups is 3. The number of esters is 1. The van der Waals surface area contributed by atoms with E-state index in [0.29, 0.717) is 97.1 Å². The molecule has 0 aliphatic heterocycles. The van der Waals surface area contributed by atoms with Crippen LogP contribution in [0, 0.1) is 17.8 Å². The molecule has 0 spiro atoms. The zero-order valence-corrected chi connectivity index (χ0v) is 31.4. The van der Waals surface area contributed by atoms with Crippen molar-refractivity contribution in [3.05, 3.63) is 48.2 Å². The summed E-state index contributed by atoms with van der Waals surface area (Å²) >= 11 is 0. The molecule has 0 saturated heterocycles. The maximum Gasteiger partial charge on any atom is 0.328 e. The van der Waals surface area contributed by atoms with Crippen molar-refractivity contribution in [2.45, 2.75) is 39.7 Å². The van der Waals surface area contributed by atoms with Gasteiger partial charge in [-0.15, -0.1) is 6.42 Å². The van der Waals surface area contributed by atoms with E-state index < -0.39 is 17.9 Å². The van der Waals surface area contributed by atoms with Crippen molar-refractivity contribution in [2.24, 2.45) is 5.41 Å². The number of aromatic nitrogens is 1. The predicted molar refractivity (Wildman–Crippen MR) is 195 cm³/mol. The first-order valence-corrected chi connectivity index (χ1v) is 17.5. The molecular weight excluding hydrogens is 690 g/mol. The van der Waals surface area contributed by atoms with Crippen LogP contribution in [0.1, 0.15) is 44.0 Å². The summed E-state index contributed by atoms with van der Waals surface area (Å²) in [7, 11) is 1.29. The van der Waals surface area contributed by atoms with Crippen LogP contribution in [0.5, 0.6) is 17.4 Å². The van der Waals surface area contributed by atoms with E-state index in [1.54, 1.807) is 36.4 Å². The number of rotatable bonds is 29. The van der Waals surface area contributed by atoms with Crippen molar-refractivity contribution < 1.29 is 57.0 Å². The molecule has 1 heterocycles. The lowest BCUT2D eigenvalue weighted by Gasteiger charge is -2.22. The van der Waals surface area contributed by atoms with Crippen molar-refractivity contribution in [3.63, 3.8) is 0 Å². The molecule has 2 N–H and O–H groups in total. The first kappa shape index (κ1) is 44.9. The van der Waals surface area contributed by atoms with Gasteiger partial charge in [-0.1, -0.05) is 32.8 Å². The number of terminal acetylenes is 1. The van der Waals surface area contributed by atoms with Gasteiger partial charge < -0.3 is 53.3 Å². The lowest BCUT2D eigenvalue weighted by molar-refractivity contribution is -0.143. The molecule has 0 unspecified atom stereocenters. The third-order valence-corrected chi connectivity index (χ3v) is 6.98. The third-order valence-electron chi connectivity index (χ3n) is 6.98. The van der Waals surface area contributed by atoms with Gasteiger partial charge in [0.1, 0.15) is 24.1 Å². The average molecular weight is 746 g/mol. The molecule has 0 fully saturated rings. The molecule has 15 nitrogen and oxygen atoms in total. The topological polar surface area (TPSA) is 171 Å². The number of benzene rings is 1. The summed E-state index contributed by atoms with van der Waals surface area (Å²) < 4.78 is 48.5. The molecule has 15 heteroatoms. The molecule has 0 bridgehead atoms. The Bertz CT molecular complexity index is 1360. The summed E-state index contributed by atoms with van der Waals surface area (Å²) in [6.07, 6.45) is 7.62. The van der Waals surface area contributed by atoms with Crippen molar-refractivity contribution in [1.29, 1.82) is 0 Å². The fourth-order valence-electron chi connectivity index (χ4n) is 4.23. The van der Waals surface area contributed by atoms with Crippen LogP contribution in [-0.2, 0) is 42.7 Å². The number of carbonyl (C=O) groups excluding carboxylic acids is 3. The van der Waals surface area contributed by atoms with E-state index in [1.165, 1.54) is 13.3 Å².